The number of methoxy groups -OCH3 is 1. The fourth-order valence-corrected chi connectivity index (χ4v) is 5.80. The van der Waals surface area contributed by atoms with Crippen molar-refractivity contribution in [2.45, 2.75) is 45.8 Å². The standard InChI is InChI=1S/C30H35Cl2N3O3Si/c1-20-17-25(37-5)27(32)28(26(20)31)34(15-16-38-39(6,7)30(2,3)4)22-13-14-24-23(18-22)29(36)35(19-33-24)21-11-9-8-10-12-21/h8-14,17-19H,15-16H2,1-7H3. The van der Waals surface area contributed by atoms with Gasteiger partial charge in [-0.25, -0.2) is 4.98 Å². The van der Waals surface area contributed by atoms with Gasteiger partial charge in [-0.05, 0) is 67.0 Å². The highest BCUT2D eigenvalue weighted by Gasteiger charge is 2.37. The van der Waals surface area contributed by atoms with Crippen LogP contribution in [0.3, 0.4) is 0 Å². The van der Waals surface area contributed by atoms with E-state index in [0.29, 0.717) is 45.5 Å². The first kappa shape index (κ1) is 29.1. The molecule has 0 aliphatic rings. The van der Waals surface area contributed by atoms with Gasteiger partial charge in [-0.15, -0.1) is 0 Å². The van der Waals surface area contributed by atoms with Crippen molar-refractivity contribution < 1.29 is 9.16 Å². The molecule has 0 spiro atoms. The molecule has 0 radical (unpaired) electrons. The molecule has 3 aromatic carbocycles. The van der Waals surface area contributed by atoms with Crippen LogP contribution in [-0.4, -0.2) is 38.1 Å². The van der Waals surface area contributed by atoms with Crippen LogP contribution in [0, 0.1) is 6.92 Å². The third-order valence-electron chi connectivity index (χ3n) is 7.49. The molecular weight excluding hydrogens is 549 g/mol. The minimum atomic E-state index is -2.01. The van der Waals surface area contributed by atoms with Gasteiger partial charge in [-0.2, -0.15) is 0 Å². The Labute approximate surface area is 241 Å². The number of aryl methyl sites for hydroxylation is 1. The van der Waals surface area contributed by atoms with Crippen LogP contribution in [-0.2, 0) is 4.43 Å². The summed E-state index contributed by atoms with van der Waals surface area (Å²) < 4.78 is 13.6. The van der Waals surface area contributed by atoms with E-state index in [2.05, 4.69) is 38.8 Å². The van der Waals surface area contributed by atoms with Crippen molar-refractivity contribution in [3.8, 4) is 11.4 Å². The molecule has 4 rings (SSSR count). The van der Waals surface area contributed by atoms with Gasteiger partial charge in [-0.1, -0.05) is 62.2 Å². The molecule has 0 bridgehead atoms. The van der Waals surface area contributed by atoms with Gasteiger partial charge in [0.1, 0.15) is 17.1 Å². The van der Waals surface area contributed by atoms with Crippen LogP contribution in [0.25, 0.3) is 16.6 Å². The van der Waals surface area contributed by atoms with Crippen molar-refractivity contribution in [1.29, 1.82) is 0 Å². The van der Waals surface area contributed by atoms with Crippen molar-refractivity contribution in [3.63, 3.8) is 0 Å². The number of nitrogens with zero attached hydrogens (tertiary/aromatic N) is 3. The van der Waals surface area contributed by atoms with Crippen LogP contribution < -0.4 is 15.2 Å². The maximum atomic E-state index is 13.6. The molecule has 0 unspecified atom stereocenters. The predicted octanol–water partition coefficient (Wildman–Crippen LogP) is 8.17. The number of hydrogen-bond acceptors (Lipinski definition) is 5. The average Bonchev–Trinajstić information content (AvgIpc) is 2.90. The lowest BCUT2D eigenvalue weighted by Crippen LogP contribution is -2.42. The van der Waals surface area contributed by atoms with E-state index < -0.39 is 8.32 Å². The zero-order valence-electron chi connectivity index (χ0n) is 23.5. The van der Waals surface area contributed by atoms with Gasteiger partial charge < -0.3 is 14.1 Å². The highest BCUT2D eigenvalue weighted by Crippen LogP contribution is 2.45. The second-order valence-corrected chi connectivity index (χ2v) is 16.7. The summed E-state index contributed by atoms with van der Waals surface area (Å²) in [6, 6.07) is 16.9. The maximum absolute atomic E-state index is 13.6. The molecule has 0 amide bonds. The molecule has 4 aromatic rings. The van der Waals surface area contributed by atoms with Gasteiger partial charge in [0.05, 0.1) is 41.0 Å². The number of hydrogen-bond donors (Lipinski definition) is 0. The zero-order chi connectivity index (χ0) is 28.5. The number of anilines is 2. The summed E-state index contributed by atoms with van der Waals surface area (Å²) in [6.07, 6.45) is 1.56. The van der Waals surface area contributed by atoms with E-state index in [1.807, 2.05) is 66.4 Å². The SMILES string of the molecule is COc1cc(C)c(Cl)c(N(CCO[Si](C)(C)C(C)(C)C)c2ccc3ncn(-c4ccccc4)c(=O)c3c2)c1Cl. The van der Waals surface area contributed by atoms with Gasteiger partial charge >= 0.3 is 0 Å². The van der Waals surface area contributed by atoms with E-state index in [9.17, 15) is 4.79 Å². The summed E-state index contributed by atoms with van der Waals surface area (Å²) >= 11 is 13.7. The number of rotatable bonds is 8. The highest BCUT2D eigenvalue weighted by atomic mass is 35.5. The Morgan fingerprint density at radius 1 is 1.03 bits per heavy atom. The minimum absolute atomic E-state index is 0.0663. The Morgan fingerprint density at radius 2 is 1.72 bits per heavy atom. The van der Waals surface area contributed by atoms with Gasteiger partial charge in [0.2, 0.25) is 0 Å². The fourth-order valence-electron chi connectivity index (χ4n) is 4.14. The zero-order valence-corrected chi connectivity index (χ0v) is 26.0. The summed E-state index contributed by atoms with van der Waals surface area (Å²) in [6.45, 7) is 13.9. The molecule has 9 heteroatoms. The van der Waals surface area contributed by atoms with Crippen LogP contribution in [0.15, 0.2) is 65.7 Å². The largest absolute Gasteiger partial charge is 0.495 e. The maximum Gasteiger partial charge on any atom is 0.265 e. The minimum Gasteiger partial charge on any atom is -0.495 e. The van der Waals surface area contributed by atoms with Crippen LogP contribution >= 0.6 is 23.2 Å². The van der Waals surface area contributed by atoms with Gasteiger partial charge in [0.25, 0.3) is 5.56 Å². The van der Waals surface area contributed by atoms with Crippen molar-refractivity contribution >= 4 is 53.8 Å². The Morgan fingerprint density at radius 3 is 2.36 bits per heavy atom. The van der Waals surface area contributed by atoms with Crippen molar-refractivity contribution in [2.75, 3.05) is 25.2 Å². The number of fused-ring (bicyclic) bond motifs is 1. The molecule has 1 aromatic heterocycles. The number of halogens is 2. The Balaban J connectivity index is 1.85. The summed E-state index contributed by atoms with van der Waals surface area (Å²) in [4.78, 5) is 20.1. The van der Waals surface area contributed by atoms with E-state index in [1.54, 1.807) is 18.0 Å². The molecule has 39 heavy (non-hydrogen) atoms. The Bertz CT molecular complexity index is 1550. The number of ether oxygens (including phenoxy) is 1. The molecule has 0 fully saturated rings. The van der Waals surface area contributed by atoms with Crippen LogP contribution in [0.4, 0.5) is 11.4 Å². The molecule has 0 aliphatic carbocycles. The molecule has 0 saturated heterocycles. The fraction of sp³-hybridized carbons (Fsp3) is 0.333. The summed E-state index contributed by atoms with van der Waals surface area (Å²) in [5.41, 5.74) is 3.38. The first-order valence-electron chi connectivity index (χ1n) is 12.9. The molecule has 0 atom stereocenters. The van der Waals surface area contributed by atoms with Crippen molar-refractivity contribution in [1.82, 2.24) is 9.55 Å². The van der Waals surface area contributed by atoms with Gasteiger partial charge in [0.15, 0.2) is 8.32 Å². The molecule has 1 heterocycles. The average molecular weight is 585 g/mol. The second-order valence-electron chi connectivity index (χ2n) is 11.1. The van der Waals surface area contributed by atoms with Crippen LogP contribution in [0.2, 0.25) is 28.2 Å². The summed E-state index contributed by atoms with van der Waals surface area (Å²) in [5, 5.41) is 1.46. The van der Waals surface area contributed by atoms with E-state index in [-0.39, 0.29) is 10.6 Å². The molecule has 0 N–H and O–H groups in total. The normalized spacial score (nSPS) is 12.1. The lowest BCUT2D eigenvalue weighted by molar-refractivity contribution is 0.297. The molecule has 206 valence electrons. The summed E-state index contributed by atoms with van der Waals surface area (Å²) in [5.74, 6) is 0.526. The lowest BCUT2D eigenvalue weighted by atomic mass is 10.1. The highest BCUT2D eigenvalue weighted by molar-refractivity contribution is 6.74. The van der Waals surface area contributed by atoms with E-state index in [1.165, 1.54) is 0 Å². The van der Waals surface area contributed by atoms with Gasteiger partial charge in [-0.3, -0.25) is 9.36 Å². The smallest absolute Gasteiger partial charge is 0.265 e. The number of para-hydroxylation sites is 1. The Hall–Kier alpha value is -2.84. The third kappa shape index (κ3) is 5.87. The van der Waals surface area contributed by atoms with Crippen LogP contribution in [0.1, 0.15) is 26.3 Å². The van der Waals surface area contributed by atoms with Crippen LogP contribution in [0.5, 0.6) is 5.75 Å². The van der Waals surface area contributed by atoms with Gasteiger partial charge in [0, 0.05) is 12.2 Å². The molecular formula is C30H35Cl2N3O3Si. The summed E-state index contributed by atoms with van der Waals surface area (Å²) in [7, 11) is -0.427. The quantitative estimate of drug-likeness (QED) is 0.196. The predicted molar refractivity (Wildman–Crippen MR) is 165 cm³/mol. The van der Waals surface area contributed by atoms with E-state index in [0.717, 1.165) is 16.9 Å². The monoisotopic (exact) mass is 583 g/mol. The topological polar surface area (TPSA) is 56.6 Å². The van der Waals surface area contributed by atoms with Crippen molar-refractivity contribution in [3.05, 3.63) is 86.9 Å². The second kappa shape index (κ2) is 11.3. The number of aromatic nitrogens is 2. The lowest BCUT2D eigenvalue weighted by Gasteiger charge is -2.37. The van der Waals surface area contributed by atoms with Crippen molar-refractivity contribution in [2.24, 2.45) is 0 Å². The Kier molecular flexibility index (Phi) is 8.47. The molecule has 0 saturated carbocycles. The van der Waals surface area contributed by atoms with E-state index >= 15 is 0 Å². The van der Waals surface area contributed by atoms with E-state index in [4.69, 9.17) is 32.4 Å². The third-order valence-corrected chi connectivity index (χ3v) is 12.9. The molecule has 0 aliphatic heterocycles. The first-order chi connectivity index (χ1) is 18.4. The number of benzene rings is 3. The molecule has 6 nitrogen and oxygen atoms in total. The first-order valence-corrected chi connectivity index (χ1v) is 16.5.